The van der Waals surface area contributed by atoms with Crippen molar-refractivity contribution in [3.63, 3.8) is 0 Å². The van der Waals surface area contributed by atoms with Crippen LogP contribution in [0, 0.1) is 0 Å². The predicted molar refractivity (Wildman–Crippen MR) is 118 cm³/mol. The van der Waals surface area contributed by atoms with Crippen LogP contribution in [0.3, 0.4) is 0 Å². The maximum absolute atomic E-state index is 12.7. The molecule has 0 spiro atoms. The maximum atomic E-state index is 12.7. The Kier molecular flexibility index (Phi) is 8.07. The molecule has 1 amide bonds. The Balaban J connectivity index is 0.00000300. The third-order valence-electron chi connectivity index (χ3n) is 4.69. The Morgan fingerprint density at radius 2 is 1.93 bits per heavy atom. The summed E-state index contributed by atoms with van der Waals surface area (Å²) >= 11 is 1.46. The van der Waals surface area contributed by atoms with Crippen molar-refractivity contribution in [1.29, 1.82) is 0 Å². The van der Waals surface area contributed by atoms with Crippen molar-refractivity contribution in [1.82, 2.24) is 4.90 Å². The molecule has 1 aliphatic heterocycles. The lowest BCUT2D eigenvalue weighted by Crippen LogP contribution is -2.29. The van der Waals surface area contributed by atoms with Crippen LogP contribution in [0.4, 0.5) is 5.00 Å². The van der Waals surface area contributed by atoms with Gasteiger partial charge in [-0.1, -0.05) is 6.92 Å². The van der Waals surface area contributed by atoms with Crippen LogP contribution in [0.1, 0.15) is 51.9 Å². The zero-order valence-electron chi connectivity index (χ0n) is 17.1. The number of nitrogens with zero attached hydrogens (tertiary/aromatic N) is 1. The first-order chi connectivity index (χ1) is 13.4. The van der Waals surface area contributed by atoms with Gasteiger partial charge in [0.2, 0.25) is 0 Å². The van der Waals surface area contributed by atoms with Crippen molar-refractivity contribution in [3.05, 3.63) is 45.8 Å². The number of thiophene rings is 1. The molecule has 0 aliphatic carbocycles. The molecular weight excluding hydrogens is 412 g/mol. The topological polar surface area (TPSA) is 67.9 Å². The summed E-state index contributed by atoms with van der Waals surface area (Å²) in [5, 5.41) is 3.47. The van der Waals surface area contributed by atoms with Crippen LogP contribution in [-0.2, 0) is 17.7 Å². The van der Waals surface area contributed by atoms with Crippen molar-refractivity contribution in [2.24, 2.45) is 0 Å². The van der Waals surface area contributed by atoms with E-state index in [1.54, 1.807) is 24.3 Å². The number of methoxy groups -OCH3 is 1. The minimum Gasteiger partial charge on any atom is -0.491 e. The van der Waals surface area contributed by atoms with E-state index in [0.29, 0.717) is 21.9 Å². The third kappa shape index (κ3) is 5.29. The van der Waals surface area contributed by atoms with Gasteiger partial charge in [-0.25, -0.2) is 4.79 Å². The van der Waals surface area contributed by atoms with Gasteiger partial charge in [0, 0.05) is 23.5 Å². The average molecular weight is 439 g/mol. The van der Waals surface area contributed by atoms with E-state index in [9.17, 15) is 9.59 Å². The first-order valence-electron chi connectivity index (χ1n) is 9.46. The number of halogens is 1. The van der Waals surface area contributed by atoms with Gasteiger partial charge in [0.05, 0.1) is 18.8 Å². The van der Waals surface area contributed by atoms with E-state index >= 15 is 0 Å². The summed E-state index contributed by atoms with van der Waals surface area (Å²) in [5.41, 5.74) is 2.00. The Labute approximate surface area is 181 Å². The predicted octanol–water partition coefficient (Wildman–Crippen LogP) is 4.37. The van der Waals surface area contributed by atoms with Gasteiger partial charge in [-0.15, -0.1) is 23.7 Å². The van der Waals surface area contributed by atoms with Crippen LogP contribution in [-0.4, -0.2) is 43.1 Å². The number of rotatable bonds is 6. The molecule has 0 bridgehead atoms. The smallest absolute Gasteiger partial charge is 0.341 e. The molecule has 0 atom stereocenters. The van der Waals surface area contributed by atoms with Crippen LogP contribution < -0.4 is 10.1 Å². The highest BCUT2D eigenvalue weighted by Gasteiger charge is 2.29. The molecule has 6 nitrogen and oxygen atoms in total. The zero-order valence-corrected chi connectivity index (χ0v) is 18.7. The summed E-state index contributed by atoms with van der Waals surface area (Å²) in [5.74, 6) is 0.0543. The number of benzene rings is 1. The highest BCUT2D eigenvalue weighted by molar-refractivity contribution is 7.17. The molecule has 0 saturated heterocycles. The molecule has 1 aliphatic rings. The highest BCUT2D eigenvalue weighted by Crippen LogP contribution is 2.37. The van der Waals surface area contributed by atoms with Gasteiger partial charge in [0.1, 0.15) is 10.8 Å². The fourth-order valence-corrected chi connectivity index (χ4v) is 4.54. The minimum atomic E-state index is -0.404. The van der Waals surface area contributed by atoms with E-state index in [4.69, 9.17) is 9.47 Å². The summed E-state index contributed by atoms with van der Waals surface area (Å²) in [4.78, 5) is 28.6. The van der Waals surface area contributed by atoms with Crippen molar-refractivity contribution in [3.8, 4) is 5.75 Å². The second-order valence-corrected chi connectivity index (χ2v) is 8.07. The van der Waals surface area contributed by atoms with Crippen molar-refractivity contribution < 1.29 is 19.1 Å². The van der Waals surface area contributed by atoms with E-state index in [-0.39, 0.29) is 24.4 Å². The number of nitrogens with one attached hydrogen (secondary N) is 1. The number of ether oxygens (including phenoxy) is 2. The lowest BCUT2D eigenvalue weighted by Gasteiger charge is -2.25. The SMILES string of the molecule is CCN1CCc2c(sc(NC(=O)c3ccc(OC(C)C)cc3)c2C(=O)OC)C1.Cl. The molecular formula is C21H27ClN2O4S. The number of carbonyl (C=O) groups is 2. The fourth-order valence-electron chi connectivity index (χ4n) is 3.26. The number of anilines is 1. The van der Waals surface area contributed by atoms with Gasteiger partial charge < -0.3 is 14.8 Å². The standard InChI is InChI=1S/C21H26N2O4S.ClH/c1-5-23-11-10-16-17(12-23)28-20(18(16)21(25)26-4)22-19(24)14-6-8-15(9-7-14)27-13(2)3;/h6-9,13H,5,10-12H2,1-4H3,(H,22,24);1H. The van der Waals surface area contributed by atoms with Crippen LogP contribution >= 0.6 is 23.7 Å². The second-order valence-electron chi connectivity index (χ2n) is 6.96. The number of esters is 1. The Hall–Kier alpha value is -2.09. The Morgan fingerprint density at radius 1 is 1.24 bits per heavy atom. The molecule has 0 fully saturated rings. The van der Waals surface area contributed by atoms with Crippen LogP contribution in [0.25, 0.3) is 0 Å². The normalized spacial score (nSPS) is 13.4. The monoisotopic (exact) mass is 438 g/mol. The molecule has 29 heavy (non-hydrogen) atoms. The molecule has 8 heteroatoms. The van der Waals surface area contributed by atoms with E-state index in [2.05, 4.69) is 17.1 Å². The van der Waals surface area contributed by atoms with E-state index in [1.807, 2.05) is 13.8 Å². The number of fused-ring (bicyclic) bond motifs is 1. The first-order valence-corrected chi connectivity index (χ1v) is 10.3. The molecule has 0 unspecified atom stereocenters. The maximum Gasteiger partial charge on any atom is 0.341 e. The number of hydrogen-bond acceptors (Lipinski definition) is 6. The van der Waals surface area contributed by atoms with Crippen LogP contribution in [0.2, 0.25) is 0 Å². The van der Waals surface area contributed by atoms with Gasteiger partial charge >= 0.3 is 5.97 Å². The summed E-state index contributed by atoms with van der Waals surface area (Å²) in [6, 6.07) is 6.98. The number of carbonyl (C=O) groups excluding carboxylic acids is 2. The van der Waals surface area contributed by atoms with Gasteiger partial charge in [-0.2, -0.15) is 0 Å². The van der Waals surface area contributed by atoms with Gasteiger partial charge in [0.15, 0.2) is 0 Å². The summed E-state index contributed by atoms with van der Waals surface area (Å²) in [6.07, 6.45) is 0.851. The van der Waals surface area contributed by atoms with E-state index in [0.717, 1.165) is 36.5 Å². The molecule has 2 aromatic rings. The summed E-state index contributed by atoms with van der Waals surface area (Å²) in [7, 11) is 1.37. The number of likely N-dealkylation sites (N-methyl/N-ethyl adjacent to an activating group) is 1. The summed E-state index contributed by atoms with van der Waals surface area (Å²) in [6.45, 7) is 8.67. The minimum absolute atomic E-state index is 0. The molecule has 1 N–H and O–H groups in total. The quantitative estimate of drug-likeness (QED) is 0.678. The number of hydrogen-bond donors (Lipinski definition) is 1. The highest BCUT2D eigenvalue weighted by atomic mass is 35.5. The van der Waals surface area contributed by atoms with Crippen molar-refractivity contribution in [2.45, 2.75) is 39.8 Å². The van der Waals surface area contributed by atoms with E-state index in [1.165, 1.54) is 18.4 Å². The second kappa shape index (κ2) is 10.1. The lowest BCUT2D eigenvalue weighted by atomic mass is 10.0. The molecule has 2 heterocycles. The van der Waals surface area contributed by atoms with Crippen molar-refractivity contribution in [2.75, 3.05) is 25.5 Å². The van der Waals surface area contributed by atoms with Crippen LogP contribution in [0.15, 0.2) is 24.3 Å². The van der Waals surface area contributed by atoms with Gasteiger partial charge in [-0.05, 0) is 56.6 Å². The van der Waals surface area contributed by atoms with Crippen molar-refractivity contribution >= 4 is 40.6 Å². The van der Waals surface area contributed by atoms with Gasteiger partial charge in [-0.3, -0.25) is 9.69 Å². The lowest BCUT2D eigenvalue weighted by molar-refractivity contribution is 0.0600. The molecule has 0 radical (unpaired) electrons. The molecule has 1 aromatic heterocycles. The first kappa shape index (κ1) is 23.2. The third-order valence-corrected chi connectivity index (χ3v) is 5.82. The summed E-state index contributed by atoms with van der Waals surface area (Å²) < 4.78 is 10.6. The van der Waals surface area contributed by atoms with E-state index < -0.39 is 5.97 Å². The van der Waals surface area contributed by atoms with Gasteiger partial charge in [0.25, 0.3) is 5.91 Å². The molecule has 0 saturated carbocycles. The molecule has 1 aromatic carbocycles. The molecule has 3 rings (SSSR count). The Bertz CT molecular complexity index is 864. The molecule has 158 valence electrons. The Morgan fingerprint density at radius 3 is 2.52 bits per heavy atom. The van der Waals surface area contributed by atoms with Crippen LogP contribution in [0.5, 0.6) is 5.75 Å². The zero-order chi connectivity index (χ0) is 20.3. The largest absolute Gasteiger partial charge is 0.491 e. The number of amides is 1. The average Bonchev–Trinajstić information content (AvgIpc) is 3.04. The fraction of sp³-hybridized carbons (Fsp3) is 0.429.